The van der Waals surface area contributed by atoms with Crippen molar-refractivity contribution in [3.8, 4) is 11.9 Å². The predicted molar refractivity (Wildman–Crippen MR) is 126 cm³/mol. The normalized spacial score (nSPS) is 18.5. The molecule has 0 spiro atoms. The maximum Gasteiger partial charge on any atom is 0.254 e. The molecule has 0 bridgehead atoms. The Bertz CT molecular complexity index is 1150. The van der Waals surface area contributed by atoms with Crippen LogP contribution in [0.2, 0.25) is 0 Å². The van der Waals surface area contributed by atoms with E-state index in [-0.39, 0.29) is 11.9 Å². The maximum absolute atomic E-state index is 13.0. The lowest BCUT2D eigenvalue weighted by Crippen LogP contribution is -2.32. The average molecular weight is 431 g/mol. The van der Waals surface area contributed by atoms with Crippen LogP contribution in [0.4, 0.5) is 5.69 Å². The largest absolute Gasteiger partial charge is 0.382 e. The zero-order valence-electron chi connectivity index (χ0n) is 18.9. The molecule has 7 heteroatoms. The van der Waals surface area contributed by atoms with E-state index in [2.05, 4.69) is 33.6 Å². The molecule has 3 aromatic rings. The van der Waals surface area contributed by atoms with Gasteiger partial charge >= 0.3 is 0 Å². The third-order valence-electron chi connectivity index (χ3n) is 6.17. The quantitative estimate of drug-likeness (QED) is 0.592. The van der Waals surface area contributed by atoms with Crippen molar-refractivity contribution in [2.75, 3.05) is 11.9 Å². The van der Waals surface area contributed by atoms with E-state index in [1.54, 1.807) is 18.5 Å². The third kappa shape index (κ3) is 4.75. The highest BCUT2D eigenvalue weighted by Crippen LogP contribution is 2.28. The van der Waals surface area contributed by atoms with Gasteiger partial charge in [-0.1, -0.05) is 19.8 Å². The van der Waals surface area contributed by atoms with Gasteiger partial charge in [0.2, 0.25) is 0 Å². The topological polar surface area (TPSA) is 95.6 Å². The summed E-state index contributed by atoms with van der Waals surface area (Å²) in [5.74, 6) is 1.92. The van der Waals surface area contributed by atoms with E-state index in [9.17, 15) is 4.79 Å². The average Bonchev–Trinajstić information content (AvgIpc) is 3.21. The highest BCUT2D eigenvalue weighted by atomic mass is 16.1. The molecule has 166 valence electrons. The van der Waals surface area contributed by atoms with Gasteiger partial charge in [0, 0.05) is 42.6 Å². The van der Waals surface area contributed by atoms with Crippen LogP contribution in [0.1, 0.15) is 62.4 Å². The molecule has 0 saturated heterocycles. The van der Waals surface area contributed by atoms with Gasteiger partial charge in [0.25, 0.3) is 5.91 Å². The van der Waals surface area contributed by atoms with Gasteiger partial charge in [-0.3, -0.25) is 9.36 Å². The van der Waals surface area contributed by atoms with Gasteiger partial charge in [0.15, 0.2) is 0 Å². The number of amides is 1. The van der Waals surface area contributed by atoms with Crippen LogP contribution in [-0.2, 0) is 0 Å². The lowest BCUT2D eigenvalue weighted by Gasteiger charge is -2.26. The Kier molecular flexibility index (Phi) is 6.40. The van der Waals surface area contributed by atoms with E-state index in [0.717, 1.165) is 22.6 Å². The number of aromatic nitrogens is 3. The fourth-order valence-electron chi connectivity index (χ4n) is 4.32. The molecule has 4 rings (SSSR count). The zero-order valence-corrected chi connectivity index (χ0v) is 18.9. The molecule has 1 amide bonds. The van der Waals surface area contributed by atoms with Crippen molar-refractivity contribution in [2.45, 2.75) is 52.5 Å². The summed E-state index contributed by atoms with van der Waals surface area (Å²) in [7, 11) is 0. The number of fused-ring (bicyclic) bond motifs is 1. The smallest absolute Gasteiger partial charge is 0.254 e. The summed E-state index contributed by atoms with van der Waals surface area (Å²) < 4.78 is 1.87. The van der Waals surface area contributed by atoms with Crippen LogP contribution >= 0.6 is 0 Å². The number of carbonyl (C=O) groups is 1. The van der Waals surface area contributed by atoms with Crippen molar-refractivity contribution in [2.24, 2.45) is 11.8 Å². The molecule has 1 fully saturated rings. The second-order valence-corrected chi connectivity index (χ2v) is 9.16. The Labute approximate surface area is 188 Å². The molecule has 0 aromatic carbocycles. The zero-order chi connectivity index (χ0) is 22.7. The first-order valence-electron chi connectivity index (χ1n) is 11.4. The van der Waals surface area contributed by atoms with Crippen molar-refractivity contribution in [3.63, 3.8) is 0 Å². The van der Waals surface area contributed by atoms with E-state index < -0.39 is 0 Å². The summed E-state index contributed by atoms with van der Waals surface area (Å²) in [5, 5.41) is 16.5. The van der Waals surface area contributed by atoms with Gasteiger partial charge in [-0.25, -0.2) is 9.97 Å². The summed E-state index contributed by atoms with van der Waals surface area (Å²) in [6.07, 6.45) is 9.91. The number of pyridine rings is 2. The molecule has 1 saturated carbocycles. The van der Waals surface area contributed by atoms with Crippen LogP contribution in [0.15, 0.2) is 36.8 Å². The van der Waals surface area contributed by atoms with Crippen molar-refractivity contribution in [1.29, 1.82) is 5.26 Å². The molecule has 3 aromatic heterocycles. The first-order chi connectivity index (χ1) is 15.4. The van der Waals surface area contributed by atoms with E-state index in [1.807, 2.05) is 36.7 Å². The molecule has 3 heterocycles. The molecule has 0 radical (unpaired) electrons. The van der Waals surface area contributed by atoms with Gasteiger partial charge < -0.3 is 10.6 Å². The van der Waals surface area contributed by atoms with Gasteiger partial charge in [-0.2, -0.15) is 5.26 Å². The SMILES string of the molecule is CC1CCC(CNC(=O)c2cnc(-n3ccc4cc(C#N)cnc43)cc2NC(C)C)CC1. The van der Waals surface area contributed by atoms with E-state index in [1.165, 1.54) is 25.7 Å². The van der Waals surface area contributed by atoms with Gasteiger partial charge in [-0.15, -0.1) is 0 Å². The van der Waals surface area contributed by atoms with Crippen LogP contribution in [0.5, 0.6) is 0 Å². The number of nitriles is 1. The predicted octanol–water partition coefficient (Wildman–Crippen LogP) is 4.67. The number of nitrogens with zero attached hydrogens (tertiary/aromatic N) is 4. The molecule has 2 N–H and O–H groups in total. The van der Waals surface area contributed by atoms with Gasteiger partial charge in [0.1, 0.15) is 17.5 Å². The lowest BCUT2D eigenvalue weighted by atomic mass is 9.83. The van der Waals surface area contributed by atoms with E-state index in [4.69, 9.17) is 5.26 Å². The number of hydrogen-bond donors (Lipinski definition) is 2. The standard InChI is InChI=1S/C25H30N6O/c1-16(2)30-22-11-23(31-9-8-20-10-19(12-26)14-28-24(20)31)27-15-21(22)25(32)29-13-18-6-4-17(3)5-7-18/h8-11,14-18H,4-7,13H2,1-3H3,(H,27,30)(H,29,32). The molecule has 1 aliphatic rings. The van der Waals surface area contributed by atoms with Crippen molar-refractivity contribution >= 4 is 22.6 Å². The molecule has 0 atom stereocenters. The number of hydrogen-bond acceptors (Lipinski definition) is 5. The van der Waals surface area contributed by atoms with Crippen LogP contribution in [0.3, 0.4) is 0 Å². The monoisotopic (exact) mass is 430 g/mol. The molecule has 7 nitrogen and oxygen atoms in total. The fraction of sp³-hybridized carbons (Fsp3) is 0.440. The highest BCUT2D eigenvalue weighted by Gasteiger charge is 2.20. The second-order valence-electron chi connectivity index (χ2n) is 9.16. The minimum atomic E-state index is -0.0972. The van der Waals surface area contributed by atoms with Crippen molar-refractivity contribution < 1.29 is 4.79 Å². The second kappa shape index (κ2) is 9.39. The van der Waals surface area contributed by atoms with Crippen LogP contribution < -0.4 is 10.6 Å². The summed E-state index contributed by atoms with van der Waals surface area (Å²) in [5.41, 5.74) is 2.53. The Morgan fingerprint density at radius 2 is 2.00 bits per heavy atom. The van der Waals surface area contributed by atoms with Gasteiger partial charge in [-0.05, 0) is 50.7 Å². The maximum atomic E-state index is 13.0. The Morgan fingerprint density at radius 3 is 2.72 bits per heavy atom. The summed E-state index contributed by atoms with van der Waals surface area (Å²) >= 11 is 0. The first kappa shape index (κ1) is 21.8. The third-order valence-corrected chi connectivity index (χ3v) is 6.17. The summed E-state index contributed by atoms with van der Waals surface area (Å²) in [6.45, 7) is 7.10. The number of nitrogens with one attached hydrogen (secondary N) is 2. The molecule has 0 aliphatic heterocycles. The molecular weight excluding hydrogens is 400 g/mol. The lowest BCUT2D eigenvalue weighted by molar-refractivity contribution is 0.0942. The minimum absolute atomic E-state index is 0.0972. The van der Waals surface area contributed by atoms with Crippen molar-refractivity contribution in [3.05, 3.63) is 47.9 Å². The highest BCUT2D eigenvalue weighted by molar-refractivity contribution is 5.99. The van der Waals surface area contributed by atoms with E-state index in [0.29, 0.717) is 29.4 Å². The Hall–Kier alpha value is -3.40. The van der Waals surface area contributed by atoms with Gasteiger partial charge in [0.05, 0.1) is 16.8 Å². The first-order valence-corrected chi connectivity index (χ1v) is 11.4. The summed E-state index contributed by atoms with van der Waals surface area (Å²) in [6, 6.07) is 7.88. The molecule has 32 heavy (non-hydrogen) atoms. The van der Waals surface area contributed by atoms with Crippen LogP contribution in [-0.4, -0.2) is 33.0 Å². The molecule has 0 unspecified atom stereocenters. The Morgan fingerprint density at radius 1 is 1.22 bits per heavy atom. The molecule has 1 aliphatic carbocycles. The van der Waals surface area contributed by atoms with E-state index >= 15 is 0 Å². The minimum Gasteiger partial charge on any atom is -0.382 e. The van der Waals surface area contributed by atoms with Crippen LogP contribution in [0, 0.1) is 23.2 Å². The summed E-state index contributed by atoms with van der Waals surface area (Å²) in [4.78, 5) is 22.0. The number of carbonyl (C=O) groups excluding carboxylic acids is 1. The fourth-order valence-corrected chi connectivity index (χ4v) is 4.32. The Balaban J connectivity index is 1.58. The number of anilines is 1. The van der Waals surface area contributed by atoms with Crippen LogP contribution in [0.25, 0.3) is 16.9 Å². The van der Waals surface area contributed by atoms with Crippen molar-refractivity contribution in [1.82, 2.24) is 19.9 Å². The molecular formula is C25H30N6O. The number of rotatable bonds is 6.